The molecule has 4 rings (SSSR count). The molecule has 8 heteroatoms. The standard InChI is InChI=1S/C21H31N3O5/c1-14-18(13-27-2)19(22-29-14)21(26)23-9-3-4-17(12-23)24(20(25)15-5-6-15)16-7-10-28-11-8-16/h15-17H,3-13H2,1-2H3. The molecule has 0 bridgehead atoms. The van der Waals surface area contributed by atoms with Gasteiger partial charge in [-0.05, 0) is 45.4 Å². The van der Waals surface area contributed by atoms with E-state index in [-0.39, 0.29) is 29.8 Å². The molecular weight excluding hydrogens is 374 g/mol. The molecule has 3 fully saturated rings. The summed E-state index contributed by atoms with van der Waals surface area (Å²) in [6.45, 7) is 4.71. The fourth-order valence-electron chi connectivity index (χ4n) is 4.55. The summed E-state index contributed by atoms with van der Waals surface area (Å²) >= 11 is 0. The van der Waals surface area contributed by atoms with Crippen molar-refractivity contribution in [1.29, 1.82) is 0 Å². The number of ether oxygens (including phenoxy) is 2. The second-order valence-electron chi connectivity index (χ2n) is 8.41. The van der Waals surface area contributed by atoms with E-state index in [0.29, 0.717) is 49.9 Å². The Kier molecular flexibility index (Phi) is 6.20. The molecule has 0 aromatic carbocycles. The second-order valence-corrected chi connectivity index (χ2v) is 8.41. The van der Waals surface area contributed by atoms with Crippen molar-refractivity contribution in [2.24, 2.45) is 5.92 Å². The molecule has 0 spiro atoms. The van der Waals surface area contributed by atoms with Crippen LogP contribution < -0.4 is 0 Å². The quantitative estimate of drug-likeness (QED) is 0.721. The highest BCUT2D eigenvalue weighted by atomic mass is 16.5. The minimum atomic E-state index is -0.135. The van der Waals surface area contributed by atoms with E-state index >= 15 is 0 Å². The number of amides is 2. The van der Waals surface area contributed by atoms with E-state index in [4.69, 9.17) is 14.0 Å². The van der Waals surface area contributed by atoms with E-state index in [1.165, 1.54) is 0 Å². The number of hydrogen-bond donors (Lipinski definition) is 0. The summed E-state index contributed by atoms with van der Waals surface area (Å²) in [5.74, 6) is 0.921. The number of piperidine rings is 1. The van der Waals surface area contributed by atoms with Gasteiger partial charge in [0.2, 0.25) is 5.91 Å². The third-order valence-corrected chi connectivity index (χ3v) is 6.32. The molecule has 3 heterocycles. The predicted molar refractivity (Wildman–Crippen MR) is 104 cm³/mol. The second kappa shape index (κ2) is 8.83. The molecule has 2 amide bonds. The Morgan fingerprint density at radius 1 is 1.17 bits per heavy atom. The van der Waals surface area contributed by atoms with Crippen LogP contribution in [0.3, 0.4) is 0 Å². The monoisotopic (exact) mass is 405 g/mol. The normalized spacial score (nSPS) is 23.2. The maximum absolute atomic E-state index is 13.2. The van der Waals surface area contributed by atoms with Gasteiger partial charge in [-0.2, -0.15) is 0 Å². The lowest BCUT2D eigenvalue weighted by Crippen LogP contribution is -2.56. The Labute approximate surface area is 171 Å². The lowest BCUT2D eigenvalue weighted by molar-refractivity contribution is -0.141. The first kappa shape index (κ1) is 20.3. The average molecular weight is 405 g/mol. The summed E-state index contributed by atoms with van der Waals surface area (Å²) in [5.41, 5.74) is 1.03. The number of hydrogen-bond acceptors (Lipinski definition) is 6. The van der Waals surface area contributed by atoms with Crippen LogP contribution in [0.5, 0.6) is 0 Å². The van der Waals surface area contributed by atoms with Crippen molar-refractivity contribution < 1.29 is 23.6 Å². The molecule has 0 N–H and O–H groups in total. The molecular formula is C21H31N3O5. The van der Waals surface area contributed by atoms with Gasteiger partial charge < -0.3 is 23.8 Å². The van der Waals surface area contributed by atoms with E-state index in [1.54, 1.807) is 14.0 Å². The predicted octanol–water partition coefficient (Wildman–Crippen LogP) is 2.15. The zero-order valence-corrected chi connectivity index (χ0v) is 17.4. The highest BCUT2D eigenvalue weighted by molar-refractivity contribution is 5.94. The Morgan fingerprint density at radius 2 is 1.93 bits per heavy atom. The zero-order chi connectivity index (χ0) is 20.4. The molecule has 0 radical (unpaired) electrons. The van der Waals surface area contributed by atoms with Crippen molar-refractivity contribution >= 4 is 11.8 Å². The van der Waals surface area contributed by atoms with Gasteiger partial charge in [0.25, 0.3) is 5.91 Å². The number of carbonyl (C=O) groups is 2. The van der Waals surface area contributed by atoms with Gasteiger partial charge in [0.05, 0.1) is 12.2 Å². The van der Waals surface area contributed by atoms with Gasteiger partial charge >= 0.3 is 0 Å². The zero-order valence-electron chi connectivity index (χ0n) is 17.4. The molecule has 1 saturated carbocycles. The summed E-state index contributed by atoms with van der Waals surface area (Å²) in [5, 5.41) is 4.00. The van der Waals surface area contributed by atoms with Crippen LogP contribution in [0.2, 0.25) is 0 Å². The minimum absolute atomic E-state index is 0.0581. The molecule has 2 aliphatic heterocycles. The lowest BCUT2D eigenvalue weighted by atomic mass is 9.97. The summed E-state index contributed by atoms with van der Waals surface area (Å²) < 4.78 is 16.0. The number of aromatic nitrogens is 1. The minimum Gasteiger partial charge on any atom is -0.381 e. The third kappa shape index (κ3) is 4.33. The lowest BCUT2D eigenvalue weighted by Gasteiger charge is -2.44. The van der Waals surface area contributed by atoms with Gasteiger partial charge in [-0.15, -0.1) is 0 Å². The highest BCUT2D eigenvalue weighted by Crippen LogP contribution is 2.35. The molecule has 160 valence electrons. The largest absolute Gasteiger partial charge is 0.381 e. The van der Waals surface area contributed by atoms with Gasteiger partial charge in [-0.1, -0.05) is 5.16 Å². The maximum atomic E-state index is 13.2. The summed E-state index contributed by atoms with van der Waals surface area (Å²) in [6.07, 6.45) is 5.55. The molecule has 1 atom stereocenters. The average Bonchev–Trinajstić information content (AvgIpc) is 3.54. The molecule has 3 aliphatic rings. The molecule has 1 aromatic heterocycles. The van der Waals surface area contributed by atoms with Crippen molar-refractivity contribution in [3.05, 3.63) is 17.0 Å². The molecule has 29 heavy (non-hydrogen) atoms. The van der Waals surface area contributed by atoms with Crippen LogP contribution in [0.4, 0.5) is 0 Å². The SMILES string of the molecule is COCc1c(C(=O)N2CCCC(N(C(=O)C3CC3)C3CCOCC3)C2)noc1C. The summed E-state index contributed by atoms with van der Waals surface area (Å²) in [6, 6.07) is 0.276. The van der Waals surface area contributed by atoms with Crippen molar-refractivity contribution in [2.75, 3.05) is 33.4 Å². The van der Waals surface area contributed by atoms with E-state index in [1.807, 2.05) is 4.90 Å². The number of likely N-dealkylation sites (tertiary alicyclic amines) is 1. The van der Waals surface area contributed by atoms with E-state index < -0.39 is 0 Å². The fraction of sp³-hybridized carbons (Fsp3) is 0.762. The van der Waals surface area contributed by atoms with Crippen LogP contribution in [-0.4, -0.2) is 72.3 Å². The van der Waals surface area contributed by atoms with Crippen LogP contribution in [-0.2, 0) is 20.9 Å². The number of carbonyl (C=O) groups excluding carboxylic acids is 2. The van der Waals surface area contributed by atoms with E-state index in [0.717, 1.165) is 38.5 Å². The first-order chi connectivity index (χ1) is 14.1. The van der Waals surface area contributed by atoms with Gasteiger partial charge in [-0.3, -0.25) is 9.59 Å². The van der Waals surface area contributed by atoms with Crippen LogP contribution in [0.1, 0.15) is 60.3 Å². The topological polar surface area (TPSA) is 85.1 Å². The van der Waals surface area contributed by atoms with Gasteiger partial charge in [-0.25, -0.2) is 0 Å². The van der Waals surface area contributed by atoms with Crippen molar-refractivity contribution in [1.82, 2.24) is 15.0 Å². The highest BCUT2D eigenvalue weighted by Gasteiger charge is 2.42. The molecule has 8 nitrogen and oxygen atoms in total. The van der Waals surface area contributed by atoms with Crippen LogP contribution >= 0.6 is 0 Å². The van der Waals surface area contributed by atoms with Crippen LogP contribution in [0.25, 0.3) is 0 Å². The first-order valence-corrected chi connectivity index (χ1v) is 10.7. The summed E-state index contributed by atoms with van der Waals surface area (Å²) in [7, 11) is 1.59. The van der Waals surface area contributed by atoms with Crippen LogP contribution in [0, 0.1) is 12.8 Å². The third-order valence-electron chi connectivity index (χ3n) is 6.32. The number of methoxy groups -OCH3 is 1. The fourth-order valence-corrected chi connectivity index (χ4v) is 4.55. The van der Waals surface area contributed by atoms with Gasteiger partial charge in [0.15, 0.2) is 5.69 Å². The van der Waals surface area contributed by atoms with E-state index in [2.05, 4.69) is 10.1 Å². The smallest absolute Gasteiger partial charge is 0.276 e. The van der Waals surface area contributed by atoms with Gasteiger partial charge in [0.1, 0.15) is 5.76 Å². The Morgan fingerprint density at radius 3 is 2.62 bits per heavy atom. The van der Waals surface area contributed by atoms with Crippen molar-refractivity contribution in [2.45, 2.75) is 64.1 Å². The van der Waals surface area contributed by atoms with Crippen LogP contribution in [0.15, 0.2) is 4.52 Å². The van der Waals surface area contributed by atoms with Gasteiger partial charge in [0, 0.05) is 51.4 Å². The number of rotatable bonds is 6. The molecule has 2 saturated heterocycles. The molecule has 1 unspecified atom stereocenters. The number of aryl methyl sites for hydroxylation is 1. The van der Waals surface area contributed by atoms with Crippen molar-refractivity contribution in [3.63, 3.8) is 0 Å². The summed E-state index contributed by atoms with van der Waals surface area (Å²) in [4.78, 5) is 30.3. The Bertz CT molecular complexity index is 739. The number of nitrogens with zero attached hydrogens (tertiary/aromatic N) is 3. The Balaban J connectivity index is 1.51. The van der Waals surface area contributed by atoms with Crippen molar-refractivity contribution in [3.8, 4) is 0 Å². The molecule has 1 aliphatic carbocycles. The van der Waals surface area contributed by atoms with E-state index in [9.17, 15) is 9.59 Å². The maximum Gasteiger partial charge on any atom is 0.276 e. The Hall–Kier alpha value is -1.93. The first-order valence-electron chi connectivity index (χ1n) is 10.7. The molecule has 1 aromatic rings.